The minimum atomic E-state index is -0.637. The number of aryl methyl sites for hydroxylation is 2. The number of carbonyl (C=O) groups is 1. The lowest BCUT2D eigenvalue weighted by Crippen LogP contribution is -2.32. The zero-order valence-corrected chi connectivity index (χ0v) is 16.4. The first-order valence-electron chi connectivity index (χ1n) is 8.35. The first-order valence-corrected chi connectivity index (χ1v) is 8.73. The van der Waals surface area contributed by atoms with Crippen LogP contribution in [0.15, 0.2) is 30.3 Å². The molecular weight excluding hydrogens is 354 g/mol. The molecule has 0 radical (unpaired) electrons. The number of amides is 1. The van der Waals surface area contributed by atoms with E-state index in [0.717, 1.165) is 11.1 Å². The Bertz CT molecular complexity index is 771. The van der Waals surface area contributed by atoms with Crippen LogP contribution < -0.4 is 19.5 Å². The van der Waals surface area contributed by atoms with Crippen LogP contribution >= 0.6 is 11.6 Å². The minimum absolute atomic E-state index is 0.269. The Morgan fingerprint density at radius 3 is 2.19 bits per heavy atom. The fourth-order valence-electron chi connectivity index (χ4n) is 2.66. The van der Waals surface area contributed by atoms with Crippen LogP contribution in [0.4, 0.5) is 5.69 Å². The van der Waals surface area contributed by atoms with Crippen LogP contribution in [0.5, 0.6) is 17.2 Å². The second-order valence-electron chi connectivity index (χ2n) is 6.01. The van der Waals surface area contributed by atoms with Crippen LogP contribution in [0.3, 0.4) is 0 Å². The monoisotopic (exact) mass is 377 g/mol. The van der Waals surface area contributed by atoms with Crippen molar-refractivity contribution in [1.29, 1.82) is 0 Å². The lowest BCUT2D eigenvalue weighted by Gasteiger charge is -2.19. The Morgan fingerprint density at radius 1 is 1.04 bits per heavy atom. The molecule has 0 fully saturated rings. The molecule has 26 heavy (non-hydrogen) atoms. The van der Waals surface area contributed by atoms with Gasteiger partial charge < -0.3 is 19.5 Å². The van der Waals surface area contributed by atoms with Crippen molar-refractivity contribution in [3.8, 4) is 17.2 Å². The molecule has 0 saturated heterocycles. The van der Waals surface area contributed by atoms with Gasteiger partial charge in [-0.1, -0.05) is 24.6 Å². The standard InChI is InChI=1S/C20H24ClNO4/c1-6-17(26-14-8-12(2)7-13(3)9-14)20(23)22-16-11-18(24-4)15(21)10-19(16)25-5/h7-11,17H,6H2,1-5H3,(H,22,23)/t17-/m0/s1. The maximum atomic E-state index is 12.7. The summed E-state index contributed by atoms with van der Waals surface area (Å²) in [6.45, 7) is 5.88. The van der Waals surface area contributed by atoms with E-state index in [1.54, 1.807) is 12.1 Å². The van der Waals surface area contributed by atoms with Gasteiger partial charge >= 0.3 is 0 Å². The summed E-state index contributed by atoms with van der Waals surface area (Å²) in [7, 11) is 3.02. The van der Waals surface area contributed by atoms with Crippen molar-refractivity contribution in [1.82, 2.24) is 0 Å². The SMILES string of the molecule is CC[C@H](Oc1cc(C)cc(C)c1)C(=O)Nc1cc(OC)c(Cl)cc1OC. The molecule has 1 amide bonds. The molecule has 0 saturated carbocycles. The van der Waals surface area contributed by atoms with E-state index in [4.69, 9.17) is 25.8 Å². The molecule has 0 aliphatic rings. The van der Waals surface area contributed by atoms with Gasteiger partial charge in [0, 0.05) is 12.1 Å². The van der Waals surface area contributed by atoms with Crippen molar-refractivity contribution in [3.63, 3.8) is 0 Å². The third-order valence-corrected chi connectivity index (χ3v) is 4.16. The average molecular weight is 378 g/mol. The molecule has 6 heteroatoms. The molecule has 0 heterocycles. The van der Waals surface area contributed by atoms with Gasteiger partial charge in [0.25, 0.3) is 5.91 Å². The third kappa shape index (κ3) is 4.82. The highest BCUT2D eigenvalue weighted by Crippen LogP contribution is 2.36. The van der Waals surface area contributed by atoms with Gasteiger partial charge in [-0.25, -0.2) is 0 Å². The molecule has 0 spiro atoms. The number of hydrogen-bond acceptors (Lipinski definition) is 4. The van der Waals surface area contributed by atoms with Crippen LogP contribution in [0.2, 0.25) is 5.02 Å². The lowest BCUT2D eigenvalue weighted by atomic mass is 10.1. The lowest BCUT2D eigenvalue weighted by molar-refractivity contribution is -0.122. The number of hydrogen-bond donors (Lipinski definition) is 1. The highest BCUT2D eigenvalue weighted by atomic mass is 35.5. The summed E-state index contributed by atoms with van der Waals surface area (Å²) in [6, 6.07) is 9.10. The Labute approximate surface area is 159 Å². The Kier molecular flexibility index (Phi) is 6.75. The molecule has 0 aliphatic carbocycles. The fraction of sp³-hybridized carbons (Fsp3) is 0.350. The highest BCUT2D eigenvalue weighted by Gasteiger charge is 2.21. The summed E-state index contributed by atoms with van der Waals surface area (Å²) in [5.41, 5.74) is 2.64. The van der Waals surface area contributed by atoms with Crippen LogP contribution in [0.1, 0.15) is 24.5 Å². The number of ether oxygens (including phenoxy) is 3. The Hall–Kier alpha value is -2.40. The number of benzene rings is 2. The van der Waals surface area contributed by atoms with Crippen molar-refractivity contribution >= 4 is 23.2 Å². The van der Waals surface area contributed by atoms with Gasteiger partial charge in [0.1, 0.15) is 17.2 Å². The van der Waals surface area contributed by atoms with E-state index in [-0.39, 0.29) is 5.91 Å². The van der Waals surface area contributed by atoms with Gasteiger partial charge in [0.05, 0.1) is 24.9 Å². The van der Waals surface area contributed by atoms with Gasteiger partial charge in [-0.15, -0.1) is 0 Å². The summed E-state index contributed by atoms with van der Waals surface area (Å²) in [5, 5.41) is 3.24. The minimum Gasteiger partial charge on any atom is -0.495 e. The van der Waals surface area contributed by atoms with E-state index in [2.05, 4.69) is 11.4 Å². The summed E-state index contributed by atoms with van der Waals surface area (Å²) in [4.78, 5) is 12.7. The molecule has 2 aromatic rings. The topological polar surface area (TPSA) is 56.8 Å². The zero-order chi connectivity index (χ0) is 19.3. The second-order valence-corrected chi connectivity index (χ2v) is 6.42. The molecule has 1 atom stereocenters. The smallest absolute Gasteiger partial charge is 0.265 e. The predicted molar refractivity (Wildman–Crippen MR) is 104 cm³/mol. The van der Waals surface area contributed by atoms with E-state index >= 15 is 0 Å². The summed E-state index contributed by atoms with van der Waals surface area (Å²) < 4.78 is 16.4. The van der Waals surface area contributed by atoms with Gasteiger partial charge in [0.2, 0.25) is 0 Å². The van der Waals surface area contributed by atoms with Crippen molar-refractivity contribution < 1.29 is 19.0 Å². The largest absolute Gasteiger partial charge is 0.495 e. The number of halogens is 1. The highest BCUT2D eigenvalue weighted by molar-refractivity contribution is 6.32. The van der Waals surface area contributed by atoms with Crippen LogP contribution in [-0.4, -0.2) is 26.2 Å². The molecular formula is C20H24ClNO4. The molecule has 2 aromatic carbocycles. The van der Waals surface area contributed by atoms with E-state index in [1.165, 1.54) is 14.2 Å². The summed E-state index contributed by atoms with van der Waals surface area (Å²) in [6.07, 6.45) is -0.117. The van der Waals surface area contributed by atoms with Gasteiger partial charge in [-0.05, 0) is 43.5 Å². The summed E-state index contributed by atoms with van der Waals surface area (Å²) >= 11 is 6.10. The molecule has 0 unspecified atom stereocenters. The quantitative estimate of drug-likeness (QED) is 0.755. The Morgan fingerprint density at radius 2 is 1.65 bits per heavy atom. The van der Waals surface area contributed by atoms with E-state index in [9.17, 15) is 4.79 Å². The molecule has 0 aliphatic heterocycles. The first kappa shape index (κ1) is 19.9. The molecule has 0 bridgehead atoms. The van der Waals surface area contributed by atoms with Crippen LogP contribution in [-0.2, 0) is 4.79 Å². The first-order chi connectivity index (χ1) is 12.4. The zero-order valence-electron chi connectivity index (χ0n) is 15.7. The van der Waals surface area contributed by atoms with Crippen molar-refractivity contribution in [2.24, 2.45) is 0 Å². The van der Waals surface area contributed by atoms with Gasteiger partial charge in [-0.2, -0.15) is 0 Å². The molecule has 5 nitrogen and oxygen atoms in total. The van der Waals surface area contributed by atoms with Crippen LogP contribution in [0.25, 0.3) is 0 Å². The molecule has 140 valence electrons. The fourth-order valence-corrected chi connectivity index (χ4v) is 2.89. The third-order valence-electron chi connectivity index (χ3n) is 3.87. The normalized spacial score (nSPS) is 11.6. The number of rotatable bonds is 7. The van der Waals surface area contributed by atoms with Crippen molar-refractivity contribution in [2.75, 3.05) is 19.5 Å². The van der Waals surface area contributed by atoms with Crippen molar-refractivity contribution in [3.05, 3.63) is 46.5 Å². The maximum Gasteiger partial charge on any atom is 0.265 e. The number of methoxy groups -OCH3 is 2. The second kappa shape index (κ2) is 8.81. The van der Waals surface area contributed by atoms with Crippen molar-refractivity contribution in [2.45, 2.75) is 33.3 Å². The number of anilines is 1. The summed E-state index contributed by atoms with van der Waals surface area (Å²) in [5.74, 6) is 1.30. The van der Waals surface area contributed by atoms with E-state index in [0.29, 0.717) is 34.4 Å². The predicted octanol–water partition coefficient (Wildman–Crippen LogP) is 4.77. The number of nitrogens with one attached hydrogen (secondary N) is 1. The Balaban J connectivity index is 2.21. The molecule has 0 aromatic heterocycles. The van der Waals surface area contributed by atoms with E-state index in [1.807, 2.05) is 32.9 Å². The average Bonchev–Trinajstić information content (AvgIpc) is 2.59. The number of carbonyl (C=O) groups excluding carboxylic acids is 1. The van der Waals surface area contributed by atoms with Crippen LogP contribution in [0, 0.1) is 13.8 Å². The van der Waals surface area contributed by atoms with Gasteiger partial charge in [-0.3, -0.25) is 4.79 Å². The van der Waals surface area contributed by atoms with E-state index < -0.39 is 6.10 Å². The maximum absolute atomic E-state index is 12.7. The van der Waals surface area contributed by atoms with Gasteiger partial charge in [0.15, 0.2) is 6.10 Å². The molecule has 1 N–H and O–H groups in total. The molecule has 2 rings (SSSR count).